The molecule has 0 spiro atoms. The Morgan fingerprint density at radius 3 is 2.78 bits per heavy atom. The maximum absolute atomic E-state index is 13.4. The fourth-order valence-electron chi connectivity index (χ4n) is 4.48. The van der Waals surface area contributed by atoms with Crippen LogP contribution in [0.2, 0.25) is 5.02 Å². The van der Waals surface area contributed by atoms with Crippen LogP contribution in [-0.2, 0) is 9.59 Å². The highest BCUT2D eigenvalue weighted by molar-refractivity contribution is 6.31. The number of carbonyl (C=O) groups is 2. The van der Waals surface area contributed by atoms with Crippen LogP contribution < -0.4 is 4.90 Å². The summed E-state index contributed by atoms with van der Waals surface area (Å²) >= 11 is 6.08. The molecular formula is C24H23ClN4O3. The lowest BCUT2D eigenvalue weighted by atomic mass is 10.1. The third-order valence-electron chi connectivity index (χ3n) is 6.17. The van der Waals surface area contributed by atoms with E-state index in [0.717, 1.165) is 29.7 Å². The van der Waals surface area contributed by atoms with E-state index in [1.807, 2.05) is 37.3 Å². The minimum absolute atomic E-state index is 0.0412. The first-order valence-corrected chi connectivity index (χ1v) is 11.1. The molecule has 0 bridgehead atoms. The van der Waals surface area contributed by atoms with Crippen LogP contribution >= 0.6 is 11.6 Å². The van der Waals surface area contributed by atoms with Gasteiger partial charge in [0.05, 0.1) is 5.92 Å². The van der Waals surface area contributed by atoms with Crippen molar-refractivity contribution in [1.82, 2.24) is 15.0 Å². The van der Waals surface area contributed by atoms with Crippen LogP contribution in [0.25, 0.3) is 11.4 Å². The van der Waals surface area contributed by atoms with E-state index >= 15 is 0 Å². The molecule has 164 valence electrons. The zero-order valence-corrected chi connectivity index (χ0v) is 18.5. The second-order valence-electron chi connectivity index (χ2n) is 8.40. The third-order valence-corrected chi connectivity index (χ3v) is 6.40. The smallest absolute Gasteiger partial charge is 0.249 e. The van der Waals surface area contributed by atoms with Crippen molar-refractivity contribution in [1.29, 1.82) is 0 Å². The lowest BCUT2D eigenvalue weighted by molar-refractivity contribution is -0.137. The highest BCUT2D eigenvalue weighted by Crippen LogP contribution is 2.35. The van der Waals surface area contributed by atoms with E-state index in [-0.39, 0.29) is 24.3 Å². The van der Waals surface area contributed by atoms with Gasteiger partial charge in [-0.2, -0.15) is 4.98 Å². The largest absolute Gasteiger partial charge is 0.337 e. The number of hydrogen-bond acceptors (Lipinski definition) is 5. The average molecular weight is 451 g/mol. The molecule has 3 aromatic rings. The van der Waals surface area contributed by atoms with Gasteiger partial charge in [-0.25, -0.2) is 0 Å². The maximum Gasteiger partial charge on any atom is 0.249 e. The summed E-state index contributed by atoms with van der Waals surface area (Å²) in [5.74, 6) is 0.452. The van der Waals surface area contributed by atoms with Crippen LogP contribution in [0.1, 0.15) is 36.8 Å². The minimum atomic E-state index is -0.401. The number of aryl methyl sites for hydroxylation is 1. The molecule has 2 fully saturated rings. The Morgan fingerprint density at radius 1 is 1.19 bits per heavy atom. The van der Waals surface area contributed by atoms with Gasteiger partial charge in [0.2, 0.25) is 23.5 Å². The molecule has 2 saturated heterocycles. The van der Waals surface area contributed by atoms with Gasteiger partial charge in [-0.05, 0) is 38.0 Å². The second kappa shape index (κ2) is 8.39. The van der Waals surface area contributed by atoms with Gasteiger partial charge < -0.3 is 14.3 Å². The Balaban J connectivity index is 1.32. The zero-order valence-electron chi connectivity index (χ0n) is 17.7. The van der Waals surface area contributed by atoms with Crippen LogP contribution in [0, 0.1) is 12.8 Å². The first kappa shape index (κ1) is 20.7. The quantitative estimate of drug-likeness (QED) is 0.588. The number of amides is 2. The molecule has 0 saturated carbocycles. The van der Waals surface area contributed by atoms with Gasteiger partial charge in [0.1, 0.15) is 6.04 Å². The molecule has 5 rings (SSSR count). The number of benzene rings is 2. The first-order valence-electron chi connectivity index (χ1n) is 10.8. The summed E-state index contributed by atoms with van der Waals surface area (Å²) in [5.41, 5.74) is 2.75. The minimum Gasteiger partial charge on any atom is -0.337 e. The van der Waals surface area contributed by atoms with Crippen LogP contribution in [0.15, 0.2) is 53.1 Å². The molecule has 1 aromatic heterocycles. The molecule has 2 aromatic carbocycles. The molecule has 0 N–H and O–H groups in total. The number of aromatic nitrogens is 2. The fraction of sp³-hybridized carbons (Fsp3) is 0.333. The molecule has 32 heavy (non-hydrogen) atoms. The van der Waals surface area contributed by atoms with E-state index in [0.29, 0.717) is 29.8 Å². The van der Waals surface area contributed by atoms with E-state index < -0.39 is 5.92 Å². The monoisotopic (exact) mass is 450 g/mol. The van der Waals surface area contributed by atoms with Gasteiger partial charge in [0, 0.05) is 35.8 Å². The average Bonchev–Trinajstić information content (AvgIpc) is 3.53. The van der Waals surface area contributed by atoms with Crippen LogP contribution in [0.5, 0.6) is 0 Å². The van der Waals surface area contributed by atoms with E-state index in [1.165, 1.54) is 0 Å². The normalized spacial score (nSPS) is 20.9. The fourth-order valence-corrected chi connectivity index (χ4v) is 4.66. The topological polar surface area (TPSA) is 79.5 Å². The molecule has 0 unspecified atom stereocenters. The van der Waals surface area contributed by atoms with Crippen molar-refractivity contribution in [2.75, 3.05) is 18.0 Å². The summed E-state index contributed by atoms with van der Waals surface area (Å²) in [4.78, 5) is 34.0. The van der Waals surface area contributed by atoms with Gasteiger partial charge in [0.15, 0.2) is 0 Å². The highest BCUT2D eigenvalue weighted by Gasteiger charge is 2.42. The van der Waals surface area contributed by atoms with Crippen LogP contribution in [-0.4, -0.2) is 39.9 Å². The van der Waals surface area contributed by atoms with Gasteiger partial charge >= 0.3 is 0 Å². The summed E-state index contributed by atoms with van der Waals surface area (Å²) in [6.45, 7) is 2.99. The van der Waals surface area contributed by atoms with Gasteiger partial charge in [-0.15, -0.1) is 0 Å². The van der Waals surface area contributed by atoms with Crippen molar-refractivity contribution < 1.29 is 14.1 Å². The first-order chi connectivity index (χ1) is 15.5. The number of hydrogen-bond donors (Lipinski definition) is 0. The van der Waals surface area contributed by atoms with Crippen molar-refractivity contribution in [3.05, 3.63) is 65.0 Å². The summed E-state index contributed by atoms with van der Waals surface area (Å²) < 4.78 is 5.55. The van der Waals surface area contributed by atoms with Crippen molar-refractivity contribution in [2.24, 2.45) is 5.92 Å². The molecule has 0 aliphatic carbocycles. The Labute approximate surface area is 191 Å². The molecule has 8 heteroatoms. The van der Waals surface area contributed by atoms with Gasteiger partial charge in [-0.3, -0.25) is 9.59 Å². The number of likely N-dealkylation sites (tertiary alicyclic amines) is 1. The lowest BCUT2D eigenvalue weighted by Gasteiger charge is -2.25. The Hall–Kier alpha value is -3.19. The predicted molar refractivity (Wildman–Crippen MR) is 120 cm³/mol. The number of rotatable bonds is 4. The SMILES string of the molecule is Cc1ccc(-c2noc([C@@H]3CCCN3C(=O)[C@H]3CC(=O)N(c4cccc(Cl)c4)C3)n2)cc1. The van der Waals surface area contributed by atoms with E-state index in [1.54, 1.807) is 28.0 Å². The van der Waals surface area contributed by atoms with Crippen molar-refractivity contribution in [2.45, 2.75) is 32.2 Å². The zero-order chi connectivity index (χ0) is 22.2. The van der Waals surface area contributed by atoms with E-state index in [4.69, 9.17) is 16.1 Å². The summed E-state index contributed by atoms with van der Waals surface area (Å²) in [6.07, 6.45) is 1.81. The third kappa shape index (κ3) is 3.88. The molecule has 2 aliphatic heterocycles. The summed E-state index contributed by atoms with van der Waals surface area (Å²) in [5, 5.41) is 4.69. The molecule has 0 radical (unpaired) electrons. The van der Waals surface area contributed by atoms with E-state index in [2.05, 4.69) is 10.1 Å². The number of carbonyl (C=O) groups excluding carboxylic acids is 2. The highest BCUT2D eigenvalue weighted by atomic mass is 35.5. The van der Waals surface area contributed by atoms with Gasteiger partial charge in [-0.1, -0.05) is 52.7 Å². The Bertz CT molecular complexity index is 1160. The van der Waals surface area contributed by atoms with E-state index in [9.17, 15) is 9.59 Å². The van der Waals surface area contributed by atoms with Crippen LogP contribution in [0.3, 0.4) is 0 Å². The number of nitrogens with zero attached hydrogens (tertiary/aromatic N) is 4. The van der Waals surface area contributed by atoms with Crippen LogP contribution in [0.4, 0.5) is 5.69 Å². The van der Waals surface area contributed by atoms with Crippen molar-refractivity contribution >= 4 is 29.1 Å². The lowest BCUT2D eigenvalue weighted by Crippen LogP contribution is -2.37. The standard InChI is InChI=1S/C24H23ClN4O3/c1-15-7-9-16(10-8-15)22-26-23(32-27-22)20-6-3-11-28(20)24(31)17-12-21(30)29(14-17)19-5-2-4-18(25)13-19/h2,4-5,7-10,13,17,20H,3,6,11-12,14H2,1H3/t17-,20-/m0/s1. The Kier molecular flexibility index (Phi) is 5.43. The molecule has 2 aliphatic rings. The Morgan fingerprint density at radius 2 is 2.00 bits per heavy atom. The summed E-state index contributed by atoms with van der Waals surface area (Å²) in [6, 6.07) is 14.8. The maximum atomic E-state index is 13.4. The van der Waals surface area contributed by atoms with Gasteiger partial charge in [0.25, 0.3) is 0 Å². The summed E-state index contributed by atoms with van der Waals surface area (Å²) in [7, 11) is 0. The second-order valence-corrected chi connectivity index (χ2v) is 8.83. The van der Waals surface area contributed by atoms with Crippen molar-refractivity contribution in [3.8, 4) is 11.4 Å². The molecule has 2 amide bonds. The molecular weight excluding hydrogens is 428 g/mol. The molecule has 7 nitrogen and oxygen atoms in total. The number of halogens is 1. The molecule has 3 heterocycles. The van der Waals surface area contributed by atoms with Crippen molar-refractivity contribution in [3.63, 3.8) is 0 Å². The predicted octanol–water partition coefficient (Wildman–Crippen LogP) is 4.42. The number of anilines is 1. The molecule has 2 atom stereocenters.